The van der Waals surface area contributed by atoms with Crippen molar-refractivity contribution in [1.82, 2.24) is 5.32 Å². The van der Waals surface area contributed by atoms with Crippen molar-refractivity contribution in [2.24, 2.45) is 5.41 Å². The molecular formula is C13H25NO4. The van der Waals surface area contributed by atoms with Gasteiger partial charge in [-0.3, -0.25) is 0 Å². The summed E-state index contributed by atoms with van der Waals surface area (Å²) in [6.07, 6.45) is 0.520. The average Bonchev–Trinajstić information content (AvgIpc) is 2.13. The van der Waals surface area contributed by atoms with Crippen LogP contribution in [0.4, 0.5) is 4.79 Å². The largest absolute Gasteiger partial charge is 0.480 e. The molecule has 0 bridgehead atoms. The number of carboxylic acid groups (broad SMARTS) is 1. The number of hydrogen-bond donors (Lipinski definition) is 2. The van der Waals surface area contributed by atoms with E-state index < -0.39 is 23.7 Å². The first-order valence-corrected chi connectivity index (χ1v) is 6.19. The second kappa shape index (κ2) is 6.07. The van der Waals surface area contributed by atoms with Gasteiger partial charge in [-0.2, -0.15) is 0 Å². The van der Waals surface area contributed by atoms with Crippen LogP contribution in [-0.2, 0) is 9.53 Å². The van der Waals surface area contributed by atoms with Crippen molar-refractivity contribution >= 4 is 12.1 Å². The average molecular weight is 259 g/mol. The Morgan fingerprint density at radius 3 is 2.06 bits per heavy atom. The van der Waals surface area contributed by atoms with Gasteiger partial charge in [-0.05, 0) is 32.6 Å². The SMILES string of the molecule is CCC(C)(C)C[C@H](NC(=O)OC(C)(C)C)C(=O)O. The predicted molar refractivity (Wildman–Crippen MR) is 69.5 cm³/mol. The van der Waals surface area contributed by atoms with Crippen molar-refractivity contribution in [3.63, 3.8) is 0 Å². The molecule has 106 valence electrons. The van der Waals surface area contributed by atoms with Gasteiger partial charge in [0.05, 0.1) is 0 Å². The molecule has 0 saturated carbocycles. The maximum absolute atomic E-state index is 11.6. The zero-order chi connectivity index (χ0) is 14.6. The van der Waals surface area contributed by atoms with Gasteiger partial charge in [-0.25, -0.2) is 9.59 Å². The number of carbonyl (C=O) groups is 2. The Balaban J connectivity index is 4.56. The molecular weight excluding hydrogens is 234 g/mol. The van der Waals surface area contributed by atoms with Crippen molar-refractivity contribution in [1.29, 1.82) is 0 Å². The lowest BCUT2D eigenvalue weighted by molar-refractivity contribution is -0.140. The van der Waals surface area contributed by atoms with E-state index in [0.717, 1.165) is 6.42 Å². The van der Waals surface area contributed by atoms with Crippen molar-refractivity contribution in [3.8, 4) is 0 Å². The van der Waals surface area contributed by atoms with E-state index in [1.165, 1.54) is 0 Å². The first-order chi connectivity index (χ1) is 7.97. The van der Waals surface area contributed by atoms with Gasteiger partial charge in [0.1, 0.15) is 11.6 Å². The molecule has 0 aliphatic rings. The minimum absolute atomic E-state index is 0.141. The second-order valence-electron chi connectivity index (χ2n) is 6.26. The molecule has 0 radical (unpaired) electrons. The lowest BCUT2D eigenvalue weighted by atomic mass is 9.83. The molecule has 0 aromatic rings. The zero-order valence-electron chi connectivity index (χ0n) is 12.2. The third-order valence-corrected chi connectivity index (χ3v) is 2.70. The summed E-state index contributed by atoms with van der Waals surface area (Å²) in [4.78, 5) is 22.7. The van der Waals surface area contributed by atoms with Crippen LogP contribution >= 0.6 is 0 Å². The van der Waals surface area contributed by atoms with Gasteiger partial charge >= 0.3 is 12.1 Å². The number of ether oxygens (including phenoxy) is 1. The molecule has 0 aromatic carbocycles. The summed E-state index contributed by atoms with van der Waals surface area (Å²) in [7, 11) is 0. The highest BCUT2D eigenvalue weighted by Crippen LogP contribution is 2.26. The number of nitrogens with one attached hydrogen (secondary N) is 1. The van der Waals surface area contributed by atoms with Crippen LogP contribution in [0.15, 0.2) is 0 Å². The zero-order valence-corrected chi connectivity index (χ0v) is 12.2. The van der Waals surface area contributed by atoms with Gasteiger partial charge in [-0.15, -0.1) is 0 Å². The minimum atomic E-state index is -1.04. The van der Waals surface area contributed by atoms with Crippen LogP contribution in [0.2, 0.25) is 0 Å². The van der Waals surface area contributed by atoms with Crippen molar-refractivity contribution < 1.29 is 19.4 Å². The van der Waals surface area contributed by atoms with Gasteiger partial charge in [-0.1, -0.05) is 27.2 Å². The number of carbonyl (C=O) groups excluding carboxylic acids is 1. The number of carboxylic acids is 1. The summed E-state index contributed by atoms with van der Waals surface area (Å²) in [6.45, 7) is 11.1. The Hall–Kier alpha value is -1.26. The van der Waals surface area contributed by atoms with Gasteiger partial charge < -0.3 is 15.2 Å². The lowest BCUT2D eigenvalue weighted by Gasteiger charge is -2.28. The standard InChI is InChI=1S/C13H25NO4/c1-7-13(5,6)8-9(10(15)16)14-11(17)18-12(2,3)4/h9H,7-8H2,1-6H3,(H,14,17)(H,15,16)/t9-/m0/s1. The van der Waals surface area contributed by atoms with Crippen LogP contribution in [0.25, 0.3) is 0 Å². The molecule has 2 N–H and O–H groups in total. The molecule has 0 aliphatic heterocycles. The minimum Gasteiger partial charge on any atom is -0.480 e. The van der Waals surface area contributed by atoms with E-state index in [0.29, 0.717) is 6.42 Å². The smallest absolute Gasteiger partial charge is 0.408 e. The van der Waals surface area contributed by atoms with Crippen LogP contribution in [0.3, 0.4) is 0 Å². The molecule has 0 fully saturated rings. The number of hydrogen-bond acceptors (Lipinski definition) is 3. The van der Waals surface area contributed by atoms with E-state index in [2.05, 4.69) is 5.32 Å². The highest BCUT2D eigenvalue weighted by molar-refractivity contribution is 5.80. The van der Waals surface area contributed by atoms with Crippen LogP contribution in [0.1, 0.15) is 54.4 Å². The summed E-state index contributed by atoms with van der Waals surface area (Å²) in [5, 5.41) is 11.5. The molecule has 0 aliphatic carbocycles. The van der Waals surface area contributed by atoms with Crippen LogP contribution in [0, 0.1) is 5.41 Å². The van der Waals surface area contributed by atoms with Gasteiger partial charge in [0, 0.05) is 0 Å². The van der Waals surface area contributed by atoms with E-state index in [1.54, 1.807) is 20.8 Å². The highest BCUT2D eigenvalue weighted by atomic mass is 16.6. The highest BCUT2D eigenvalue weighted by Gasteiger charge is 2.29. The van der Waals surface area contributed by atoms with Crippen LogP contribution in [0.5, 0.6) is 0 Å². The number of rotatable bonds is 5. The van der Waals surface area contributed by atoms with Gasteiger partial charge in [0.2, 0.25) is 0 Å². The number of amides is 1. The summed E-state index contributed by atoms with van der Waals surface area (Å²) in [6, 6.07) is -0.921. The summed E-state index contributed by atoms with van der Waals surface area (Å²) >= 11 is 0. The van der Waals surface area contributed by atoms with E-state index in [1.807, 2.05) is 20.8 Å². The monoisotopic (exact) mass is 259 g/mol. The number of alkyl carbamates (subject to hydrolysis) is 1. The topological polar surface area (TPSA) is 75.6 Å². The molecule has 0 saturated heterocycles. The first-order valence-electron chi connectivity index (χ1n) is 6.19. The third-order valence-electron chi connectivity index (χ3n) is 2.70. The van der Waals surface area contributed by atoms with Crippen molar-refractivity contribution in [2.45, 2.75) is 66.0 Å². The van der Waals surface area contributed by atoms with E-state index in [-0.39, 0.29) is 5.41 Å². The van der Waals surface area contributed by atoms with E-state index in [9.17, 15) is 9.59 Å². The van der Waals surface area contributed by atoms with Crippen molar-refractivity contribution in [2.75, 3.05) is 0 Å². The van der Waals surface area contributed by atoms with Gasteiger partial charge in [0.15, 0.2) is 0 Å². The fourth-order valence-corrected chi connectivity index (χ4v) is 1.35. The fourth-order valence-electron chi connectivity index (χ4n) is 1.35. The summed E-state index contributed by atoms with van der Waals surface area (Å²) in [5.41, 5.74) is -0.772. The van der Waals surface area contributed by atoms with E-state index in [4.69, 9.17) is 9.84 Å². The second-order valence-corrected chi connectivity index (χ2v) is 6.26. The maximum Gasteiger partial charge on any atom is 0.408 e. The Morgan fingerprint density at radius 2 is 1.72 bits per heavy atom. The molecule has 5 nitrogen and oxygen atoms in total. The Morgan fingerprint density at radius 1 is 1.22 bits per heavy atom. The molecule has 0 rings (SSSR count). The van der Waals surface area contributed by atoms with Gasteiger partial charge in [0.25, 0.3) is 0 Å². The molecule has 18 heavy (non-hydrogen) atoms. The van der Waals surface area contributed by atoms with Crippen LogP contribution in [-0.4, -0.2) is 28.8 Å². The number of aliphatic carboxylic acids is 1. The molecule has 0 heterocycles. The van der Waals surface area contributed by atoms with Crippen LogP contribution < -0.4 is 5.32 Å². The molecule has 1 atom stereocenters. The maximum atomic E-state index is 11.6. The Kier molecular flexibility index (Phi) is 5.64. The first kappa shape index (κ1) is 16.7. The molecule has 1 amide bonds. The quantitative estimate of drug-likeness (QED) is 0.796. The van der Waals surface area contributed by atoms with Crippen molar-refractivity contribution in [3.05, 3.63) is 0 Å². The van der Waals surface area contributed by atoms with E-state index >= 15 is 0 Å². The molecule has 0 aromatic heterocycles. The predicted octanol–water partition coefficient (Wildman–Crippen LogP) is 2.79. The fraction of sp³-hybridized carbons (Fsp3) is 0.846. The third kappa shape index (κ3) is 7.14. The molecule has 5 heteroatoms. The summed E-state index contributed by atoms with van der Waals surface area (Å²) in [5.74, 6) is -1.04. The normalized spacial score (nSPS) is 13.9. The molecule has 0 unspecified atom stereocenters. The summed E-state index contributed by atoms with van der Waals surface area (Å²) < 4.78 is 5.05. The Bertz CT molecular complexity index is 305. The lowest BCUT2D eigenvalue weighted by Crippen LogP contribution is -2.45. The Labute approximate surface area is 109 Å². The molecule has 0 spiro atoms.